The molecule has 0 fully saturated rings. The highest BCUT2D eigenvalue weighted by atomic mass is 16.2. The van der Waals surface area contributed by atoms with Crippen molar-refractivity contribution in [1.29, 1.82) is 0 Å². The molecule has 116 valence electrons. The van der Waals surface area contributed by atoms with Gasteiger partial charge in [-0.25, -0.2) is 0 Å². The predicted molar refractivity (Wildman–Crippen MR) is 89.4 cm³/mol. The normalized spacial score (nSPS) is 16.5. The Morgan fingerprint density at radius 1 is 1.38 bits per heavy atom. The van der Waals surface area contributed by atoms with Crippen LogP contribution in [0.5, 0.6) is 0 Å². The van der Waals surface area contributed by atoms with E-state index in [1.807, 2.05) is 23.1 Å². The minimum absolute atomic E-state index is 0.235. The molecule has 0 aliphatic carbocycles. The van der Waals surface area contributed by atoms with E-state index >= 15 is 0 Å². The molecule has 1 amide bonds. The van der Waals surface area contributed by atoms with Gasteiger partial charge in [0.15, 0.2) is 0 Å². The van der Waals surface area contributed by atoms with Gasteiger partial charge >= 0.3 is 0 Å². The molecule has 1 unspecified atom stereocenters. The van der Waals surface area contributed by atoms with E-state index < -0.39 is 0 Å². The maximum Gasteiger partial charge on any atom is 0.227 e. The molecule has 0 radical (unpaired) electrons. The van der Waals surface area contributed by atoms with Crippen LogP contribution in [0.2, 0.25) is 0 Å². The van der Waals surface area contributed by atoms with Crippen molar-refractivity contribution in [2.45, 2.75) is 53.4 Å². The van der Waals surface area contributed by atoms with Crippen LogP contribution < -0.4 is 10.6 Å². The smallest absolute Gasteiger partial charge is 0.227 e. The van der Waals surface area contributed by atoms with Crippen LogP contribution in [0.3, 0.4) is 0 Å². The van der Waals surface area contributed by atoms with E-state index in [-0.39, 0.29) is 11.3 Å². The fourth-order valence-corrected chi connectivity index (χ4v) is 3.44. The number of carbonyl (C=O) groups is 1. The average Bonchev–Trinajstić information content (AvgIpc) is 2.36. The van der Waals surface area contributed by atoms with Gasteiger partial charge in [-0.05, 0) is 48.3 Å². The summed E-state index contributed by atoms with van der Waals surface area (Å²) < 4.78 is 0. The molecule has 0 spiro atoms. The molecular formula is C18H28N2O. The zero-order valence-electron chi connectivity index (χ0n) is 13.8. The van der Waals surface area contributed by atoms with Crippen molar-refractivity contribution in [3.63, 3.8) is 0 Å². The van der Waals surface area contributed by atoms with Gasteiger partial charge in [-0.15, -0.1) is 0 Å². The highest BCUT2D eigenvalue weighted by Gasteiger charge is 2.26. The largest absolute Gasteiger partial charge is 0.398 e. The van der Waals surface area contributed by atoms with E-state index in [0.29, 0.717) is 12.3 Å². The van der Waals surface area contributed by atoms with Gasteiger partial charge in [-0.1, -0.05) is 33.8 Å². The summed E-state index contributed by atoms with van der Waals surface area (Å²) in [5, 5.41) is 0. The summed E-state index contributed by atoms with van der Waals surface area (Å²) in [4.78, 5) is 14.6. The Balaban J connectivity index is 2.10. The number of nitrogens with zero attached hydrogens (tertiary/aromatic N) is 1. The van der Waals surface area contributed by atoms with E-state index in [2.05, 4.69) is 27.7 Å². The Kier molecular flexibility index (Phi) is 4.60. The third kappa shape index (κ3) is 3.99. The van der Waals surface area contributed by atoms with Crippen LogP contribution in [0, 0.1) is 11.3 Å². The van der Waals surface area contributed by atoms with Gasteiger partial charge in [0.25, 0.3) is 0 Å². The van der Waals surface area contributed by atoms with Gasteiger partial charge in [0.1, 0.15) is 0 Å². The number of nitrogens with two attached hydrogens (primary N) is 1. The van der Waals surface area contributed by atoms with Crippen molar-refractivity contribution < 1.29 is 4.79 Å². The highest BCUT2D eigenvalue weighted by molar-refractivity contribution is 5.95. The number of nitrogen functional groups attached to an aromatic ring is 1. The molecule has 3 nitrogen and oxygen atoms in total. The van der Waals surface area contributed by atoms with Crippen LogP contribution in [-0.2, 0) is 11.2 Å². The van der Waals surface area contributed by atoms with Crippen molar-refractivity contribution in [3.8, 4) is 0 Å². The van der Waals surface area contributed by atoms with E-state index in [1.165, 1.54) is 0 Å². The predicted octanol–water partition coefficient (Wildman–Crippen LogP) is 4.01. The topological polar surface area (TPSA) is 46.3 Å². The SMILES string of the molecule is CC(CC(=O)N1CCCc2c(N)cccc21)CC(C)(C)C. The Hall–Kier alpha value is -1.51. The fraction of sp³-hybridized carbons (Fsp3) is 0.611. The number of anilines is 2. The summed E-state index contributed by atoms with van der Waals surface area (Å²) in [6.45, 7) is 9.67. The number of fused-ring (bicyclic) bond motifs is 1. The van der Waals surface area contributed by atoms with Crippen LogP contribution in [0.25, 0.3) is 0 Å². The highest BCUT2D eigenvalue weighted by Crippen LogP contribution is 2.33. The summed E-state index contributed by atoms with van der Waals surface area (Å²) in [6, 6.07) is 5.89. The summed E-state index contributed by atoms with van der Waals surface area (Å²) in [6.07, 6.45) is 3.66. The second-order valence-electron chi connectivity index (χ2n) is 7.57. The summed E-state index contributed by atoms with van der Waals surface area (Å²) in [5.74, 6) is 0.641. The van der Waals surface area contributed by atoms with E-state index in [4.69, 9.17) is 5.73 Å². The summed E-state index contributed by atoms with van der Waals surface area (Å²) in [7, 11) is 0. The number of rotatable bonds is 3. The number of hydrogen-bond donors (Lipinski definition) is 1. The van der Waals surface area contributed by atoms with E-state index in [9.17, 15) is 4.79 Å². The van der Waals surface area contributed by atoms with Crippen molar-refractivity contribution in [3.05, 3.63) is 23.8 Å². The lowest BCUT2D eigenvalue weighted by molar-refractivity contribution is -0.119. The molecule has 1 aliphatic rings. The zero-order valence-corrected chi connectivity index (χ0v) is 13.8. The second-order valence-corrected chi connectivity index (χ2v) is 7.57. The molecule has 0 bridgehead atoms. The Morgan fingerprint density at radius 2 is 2.10 bits per heavy atom. The minimum Gasteiger partial charge on any atom is -0.398 e. The van der Waals surface area contributed by atoms with Crippen molar-refractivity contribution in [2.24, 2.45) is 11.3 Å². The monoisotopic (exact) mass is 288 g/mol. The third-order valence-electron chi connectivity index (χ3n) is 4.07. The molecule has 0 saturated carbocycles. The van der Waals surface area contributed by atoms with Gasteiger partial charge in [-0.2, -0.15) is 0 Å². The molecule has 1 aromatic carbocycles. The molecule has 1 heterocycles. The lowest BCUT2D eigenvalue weighted by Gasteiger charge is -2.32. The molecule has 1 aromatic rings. The van der Waals surface area contributed by atoms with Gasteiger partial charge < -0.3 is 10.6 Å². The molecule has 2 N–H and O–H groups in total. The number of hydrogen-bond acceptors (Lipinski definition) is 2. The van der Waals surface area contributed by atoms with Crippen molar-refractivity contribution in [1.82, 2.24) is 0 Å². The van der Waals surface area contributed by atoms with Crippen LogP contribution in [0.4, 0.5) is 11.4 Å². The van der Waals surface area contributed by atoms with E-state index in [1.54, 1.807) is 0 Å². The first-order valence-electron chi connectivity index (χ1n) is 7.95. The molecule has 0 aromatic heterocycles. The van der Waals surface area contributed by atoms with Crippen LogP contribution in [0.15, 0.2) is 18.2 Å². The number of carbonyl (C=O) groups excluding carboxylic acids is 1. The Labute approximate surface area is 128 Å². The number of benzene rings is 1. The quantitative estimate of drug-likeness (QED) is 0.854. The van der Waals surface area contributed by atoms with Crippen LogP contribution in [-0.4, -0.2) is 12.5 Å². The first-order chi connectivity index (χ1) is 9.78. The Morgan fingerprint density at radius 3 is 2.76 bits per heavy atom. The van der Waals surface area contributed by atoms with Gasteiger partial charge in [0.05, 0.1) is 0 Å². The molecule has 3 heteroatoms. The first-order valence-corrected chi connectivity index (χ1v) is 7.95. The maximum absolute atomic E-state index is 12.7. The first kappa shape index (κ1) is 15.9. The van der Waals surface area contributed by atoms with Gasteiger partial charge in [-0.3, -0.25) is 4.79 Å². The zero-order chi connectivity index (χ0) is 15.6. The fourth-order valence-electron chi connectivity index (χ4n) is 3.44. The molecule has 1 atom stereocenters. The number of amides is 1. The molecule has 0 saturated heterocycles. The molecule has 1 aliphatic heterocycles. The summed E-state index contributed by atoms with van der Waals surface area (Å²) in [5.41, 5.74) is 9.29. The lowest BCUT2D eigenvalue weighted by atomic mass is 9.84. The van der Waals surface area contributed by atoms with E-state index in [0.717, 1.165) is 42.7 Å². The molecule has 2 rings (SSSR count). The van der Waals surface area contributed by atoms with Gasteiger partial charge in [0, 0.05) is 24.3 Å². The minimum atomic E-state index is 0.235. The summed E-state index contributed by atoms with van der Waals surface area (Å²) >= 11 is 0. The Bertz CT molecular complexity index is 516. The van der Waals surface area contributed by atoms with Crippen molar-refractivity contribution in [2.75, 3.05) is 17.2 Å². The van der Waals surface area contributed by atoms with Crippen LogP contribution >= 0.6 is 0 Å². The molecular weight excluding hydrogens is 260 g/mol. The van der Waals surface area contributed by atoms with Crippen LogP contribution in [0.1, 0.15) is 52.5 Å². The maximum atomic E-state index is 12.7. The lowest BCUT2D eigenvalue weighted by Crippen LogP contribution is -2.36. The second kappa shape index (κ2) is 6.08. The van der Waals surface area contributed by atoms with Crippen molar-refractivity contribution >= 4 is 17.3 Å². The average molecular weight is 288 g/mol. The van der Waals surface area contributed by atoms with Gasteiger partial charge in [0.2, 0.25) is 5.91 Å². The standard InChI is InChI=1S/C18H28N2O/c1-13(12-18(2,3)4)11-17(21)20-10-6-7-14-15(19)8-5-9-16(14)20/h5,8-9,13H,6-7,10-12,19H2,1-4H3. The molecule has 21 heavy (non-hydrogen) atoms. The third-order valence-corrected chi connectivity index (χ3v) is 4.07.